The van der Waals surface area contributed by atoms with E-state index in [9.17, 15) is 4.79 Å². The topological polar surface area (TPSA) is 49.6 Å². The Bertz CT molecular complexity index is 224. The number of hydrogen-bond acceptors (Lipinski definition) is 3. The third-order valence-electron chi connectivity index (χ3n) is 2.81. The quantitative estimate of drug-likeness (QED) is 0.689. The number of carbonyl (C=O) groups is 1. The molecular formula is C11H23N3O. The molecule has 0 bridgehead atoms. The summed E-state index contributed by atoms with van der Waals surface area (Å²) < 4.78 is 0. The summed E-state index contributed by atoms with van der Waals surface area (Å²) >= 11 is 0. The second-order valence-electron chi connectivity index (χ2n) is 4.75. The minimum absolute atomic E-state index is 0.145. The minimum Gasteiger partial charge on any atom is -0.340 e. The Labute approximate surface area is 92.4 Å². The van der Waals surface area contributed by atoms with Crippen LogP contribution in [0.25, 0.3) is 0 Å². The normalized spacial score (nSPS) is 17.9. The molecule has 0 saturated heterocycles. The van der Waals surface area contributed by atoms with Crippen LogP contribution in [0.4, 0.5) is 0 Å². The van der Waals surface area contributed by atoms with E-state index in [-0.39, 0.29) is 5.91 Å². The number of carbonyl (C=O) groups excluding carboxylic acids is 1. The molecule has 4 nitrogen and oxygen atoms in total. The Kier molecular flexibility index (Phi) is 4.11. The van der Waals surface area contributed by atoms with Gasteiger partial charge in [-0.3, -0.25) is 4.79 Å². The molecule has 0 aromatic carbocycles. The number of hydrogen-bond donors (Lipinski definition) is 1. The van der Waals surface area contributed by atoms with Gasteiger partial charge in [0.1, 0.15) is 0 Å². The molecule has 1 saturated carbocycles. The number of nitrogens with two attached hydrogens (primary N) is 1. The first-order valence-corrected chi connectivity index (χ1v) is 5.72. The molecule has 1 aliphatic carbocycles. The predicted molar refractivity (Wildman–Crippen MR) is 61.6 cm³/mol. The number of rotatable bonds is 6. The van der Waals surface area contributed by atoms with Gasteiger partial charge in [-0.05, 0) is 33.4 Å². The van der Waals surface area contributed by atoms with Crippen LogP contribution in [-0.4, -0.2) is 55.0 Å². The summed E-state index contributed by atoms with van der Waals surface area (Å²) in [7, 11) is 4.04. The number of nitrogens with zero attached hydrogens (tertiary/aromatic N) is 2. The highest BCUT2D eigenvalue weighted by Crippen LogP contribution is 2.34. The van der Waals surface area contributed by atoms with Crippen LogP contribution in [0.2, 0.25) is 0 Å². The highest BCUT2D eigenvalue weighted by Gasteiger charge is 2.47. The van der Waals surface area contributed by atoms with Crippen molar-refractivity contribution < 1.29 is 4.79 Å². The van der Waals surface area contributed by atoms with Gasteiger partial charge >= 0.3 is 0 Å². The third kappa shape index (κ3) is 3.47. The zero-order valence-electron chi connectivity index (χ0n) is 10.1. The molecule has 0 unspecified atom stereocenters. The van der Waals surface area contributed by atoms with Gasteiger partial charge < -0.3 is 15.5 Å². The maximum atomic E-state index is 12.0. The van der Waals surface area contributed by atoms with Crippen molar-refractivity contribution in [2.24, 2.45) is 5.73 Å². The third-order valence-corrected chi connectivity index (χ3v) is 2.81. The maximum Gasteiger partial charge on any atom is 0.242 e. The first kappa shape index (κ1) is 12.5. The van der Waals surface area contributed by atoms with Gasteiger partial charge in [0.15, 0.2) is 0 Å². The molecule has 2 N–H and O–H groups in total. The average molecular weight is 213 g/mol. The summed E-state index contributed by atoms with van der Waals surface area (Å²) in [5.41, 5.74) is 5.41. The van der Waals surface area contributed by atoms with E-state index in [1.165, 1.54) is 0 Å². The summed E-state index contributed by atoms with van der Waals surface area (Å²) in [5, 5.41) is 0. The highest BCUT2D eigenvalue weighted by molar-refractivity contribution is 5.89. The van der Waals surface area contributed by atoms with Crippen molar-refractivity contribution in [1.82, 2.24) is 9.80 Å². The minimum atomic E-state index is -0.512. The number of amides is 1. The van der Waals surface area contributed by atoms with Crippen LogP contribution >= 0.6 is 0 Å². The molecule has 0 atom stereocenters. The molecule has 0 spiro atoms. The summed E-state index contributed by atoms with van der Waals surface area (Å²) in [6, 6.07) is 0. The van der Waals surface area contributed by atoms with Gasteiger partial charge in [0.25, 0.3) is 0 Å². The van der Waals surface area contributed by atoms with Crippen molar-refractivity contribution in [2.75, 3.05) is 33.7 Å². The first-order valence-electron chi connectivity index (χ1n) is 5.72. The predicted octanol–water partition coefficient (Wildman–Crippen LogP) is 0.278. The van der Waals surface area contributed by atoms with Crippen molar-refractivity contribution in [2.45, 2.75) is 31.7 Å². The zero-order valence-corrected chi connectivity index (χ0v) is 10.1. The van der Waals surface area contributed by atoms with Gasteiger partial charge in [-0.2, -0.15) is 0 Å². The van der Waals surface area contributed by atoms with E-state index in [1.54, 1.807) is 0 Å². The lowest BCUT2D eigenvalue weighted by Crippen LogP contribution is -2.48. The van der Waals surface area contributed by atoms with Crippen LogP contribution in [0.15, 0.2) is 0 Å². The molecule has 15 heavy (non-hydrogen) atoms. The Hall–Kier alpha value is -0.610. The Morgan fingerprint density at radius 2 is 1.87 bits per heavy atom. The van der Waals surface area contributed by atoms with E-state index in [1.807, 2.05) is 19.0 Å². The molecule has 0 radical (unpaired) electrons. The molecule has 0 aliphatic heterocycles. The average Bonchev–Trinajstić information content (AvgIpc) is 2.91. The van der Waals surface area contributed by atoms with Crippen molar-refractivity contribution in [1.29, 1.82) is 0 Å². The Morgan fingerprint density at radius 1 is 1.27 bits per heavy atom. The monoisotopic (exact) mass is 213 g/mol. The fourth-order valence-corrected chi connectivity index (χ4v) is 1.57. The fourth-order valence-electron chi connectivity index (χ4n) is 1.57. The molecule has 0 heterocycles. The lowest BCUT2D eigenvalue weighted by molar-refractivity contribution is -0.133. The van der Waals surface area contributed by atoms with Crippen molar-refractivity contribution >= 4 is 5.91 Å². The molecule has 1 rings (SSSR count). The summed E-state index contributed by atoms with van der Waals surface area (Å²) in [4.78, 5) is 16.0. The SMILES string of the molecule is CCCN(CCN(C)C)C(=O)C1(N)CC1. The van der Waals surface area contributed by atoms with Crippen molar-refractivity contribution in [3.05, 3.63) is 0 Å². The molecule has 1 amide bonds. The Balaban J connectivity index is 2.45. The standard InChI is InChI=1S/C11H23N3O/c1-4-7-14(9-8-13(2)3)10(15)11(12)5-6-11/h4-9,12H2,1-3H3. The number of likely N-dealkylation sites (N-methyl/N-ethyl adjacent to an activating group) is 1. The second kappa shape index (κ2) is 4.94. The lowest BCUT2D eigenvalue weighted by atomic mass is 10.2. The molecule has 1 fully saturated rings. The molecule has 0 aromatic rings. The summed E-state index contributed by atoms with van der Waals surface area (Å²) in [6.07, 6.45) is 2.71. The van der Waals surface area contributed by atoms with E-state index < -0.39 is 5.54 Å². The van der Waals surface area contributed by atoms with Crippen LogP contribution in [0.1, 0.15) is 26.2 Å². The van der Waals surface area contributed by atoms with Crippen molar-refractivity contribution in [3.63, 3.8) is 0 Å². The van der Waals surface area contributed by atoms with Gasteiger partial charge in [0.2, 0.25) is 5.91 Å². The van der Waals surface area contributed by atoms with E-state index in [2.05, 4.69) is 11.8 Å². The van der Waals surface area contributed by atoms with E-state index >= 15 is 0 Å². The highest BCUT2D eigenvalue weighted by atomic mass is 16.2. The van der Waals surface area contributed by atoms with Gasteiger partial charge in [0, 0.05) is 19.6 Å². The lowest BCUT2D eigenvalue weighted by Gasteiger charge is -2.26. The largest absolute Gasteiger partial charge is 0.340 e. The van der Waals surface area contributed by atoms with Crippen molar-refractivity contribution in [3.8, 4) is 0 Å². The molecule has 1 aliphatic rings. The second-order valence-corrected chi connectivity index (χ2v) is 4.75. The van der Waals surface area contributed by atoms with Crippen LogP contribution < -0.4 is 5.73 Å². The van der Waals surface area contributed by atoms with Gasteiger partial charge in [-0.15, -0.1) is 0 Å². The van der Waals surface area contributed by atoms with E-state index in [0.717, 1.165) is 38.9 Å². The summed E-state index contributed by atoms with van der Waals surface area (Å²) in [6.45, 7) is 4.61. The molecular weight excluding hydrogens is 190 g/mol. The summed E-state index contributed by atoms with van der Waals surface area (Å²) in [5.74, 6) is 0.145. The van der Waals surface area contributed by atoms with E-state index in [0.29, 0.717) is 0 Å². The first-order chi connectivity index (χ1) is 6.99. The molecule has 0 aromatic heterocycles. The zero-order chi connectivity index (χ0) is 11.5. The van der Waals surface area contributed by atoms with Gasteiger partial charge in [-0.1, -0.05) is 6.92 Å². The van der Waals surface area contributed by atoms with Crippen LogP contribution in [0.3, 0.4) is 0 Å². The maximum absolute atomic E-state index is 12.0. The Morgan fingerprint density at radius 3 is 2.27 bits per heavy atom. The van der Waals surface area contributed by atoms with Gasteiger partial charge in [0.05, 0.1) is 5.54 Å². The van der Waals surface area contributed by atoms with E-state index in [4.69, 9.17) is 5.73 Å². The van der Waals surface area contributed by atoms with Crippen LogP contribution in [-0.2, 0) is 4.79 Å². The van der Waals surface area contributed by atoms with Crippen LogP contribution in [0, 0.1) is 0 Å². The van der Waals surface area contributed by atoms with Gasteiger partial charge in [-0.25, -0.2) is 0 Å². The fraction of sp³-hybridized carbons (Fsp3) is 0.909. The molecule has 4 heteroatoms. The van der Waals surface area contributed by atoms with Crippen LogP contribution in [0.5, 0.6) is 0 Å². The smallest absolute Gasteiger partial charge is 0.242 e. The molecule has 88 valence electrons.